The average molecular weight is 142 g/mol. The summed E-state index contributed by atoms with van der Waals surface area (Å²) in [6.07, 6.45) is 0. The average Bonchev–Trinajstić information content (AvgIpc) is 2.13. The lowest BCUT2D eigenvalue weighted by molar-refractivity contribution is 0.782. The minimum atomic E-state index is 0.0799. The number of hydrogen-bond acceptors (Lipinski definition) is 3. The largest absolute Gasteiger partial charge is 0.323 e. The van der Waals surface area contributed by atoms with E-state index >= 15 is 0 Å². The van der Waals surface area contributed by atoms with Gasteiger partial charge < -0.3 is 5.73 Å². The van der Waals surface area contributed by atoms with Gasteiger partial charge in [-0.1, -0.05) is 0 Å². The first-order valence-corrected chi connectivity index (χ1v) is 3.75. The van der Waals surface area contributed by atoms with Gasteiger partial charge in [-0.05, 0) is 13.8 Å². The molecular weight excluding hydrogens is 132 g/mol. The fourth-order valence-electron chi connectivity index (χ4n) is 0.752. The van der Waals surface area contributed by atoms with Crippen molar-refractivity contribution in [1.29, 1.82) is 0 Å². The van der Waals surface area contributed by atoms with Gasteiger partial charge in [0.15, 0.2) is 0 Å². The molecule has 0 fully saturated rings. The Hall–Kier alpha value is -0.410. The van der Waals surface area contributed by atoms with Crippen LogP contribution in [0.2, 0.25) is 0 Å². The van der Waals surface area contributed by atoms with Gasteiger partial charge in [-0.3, -0.25) is 0 Å². The maximum atomic E-state index is 5.60. The fraction of sp³-hybridized carbons (Fsp3) is 0.500. The number of nitrogens with zero attached hydrogens (tertiary/aromatic N) is 1. The van der Waals surface area contributed by atoms with Gasteiger partial charge in [-0.2, -0.15) is 0 Å². The SMILES string of the molecule is Cc1scnc1[C@@H](C)N. The van der Waals surface area contributed by atoms with E-state index in [-0.39, 0.29) is 6.04 Å². The molecule has 2 nitrogen and oxygen atoms in total. The number of thiazole rings is 1. The lowest BCUT2D eigenvalue weighted by Gasteiger charge is -1.99. The van der Waals surface area contributed by atoms with Crippen molar-refractivity contribution < 1.29 is 0 Å². The zero-order valence-corrected chi connectivity index (χ0v) is 6.40. The Morgan fingerprint density at radius 2 is 2.44 bits per heavy atom. The van der Waals surface area contributed by atoms with Gasteiger partial charge in [0.2, 0.25) is 0 Å². The molecule has 0 bridgehead atoms. The summed E-state index contributed by atoms with van der Waals surface area (Å²) >= 11 is 1.64. The van der Waals surface area contributed by atoms with Crippen LogP contribution in [0.4, 0.5) is 0 Å². The first kappa shape index (κ1) is 6.71. The molecule has 3 heteroatoms. The molecule has 0 saturated carbocycles. The Morgan fingerprint density at radius 3 is 2.67 bits per heavy atom. The number of rotatable bonds is 1. The summed E-state index contributed by atoms with van der Waals surface area (Å²) in [6, 6.07) is 0.0799. The predicted molar refractivity (Wildman–Crippen MR) is 39.5 cm³/mol. The third-order valence-electron chi connectivity index (χ3n) is 1.21. The van der Waals surface area contributed by atoms with E-state index in [4.69, 9.17) is 5.73 Å². The van der Waals surface area contributed by atoms with Crippen LogP contribution in [0.3, 0.4) is 0 Å². The molecule has 1 aromatic heterocycles. The zero-order chi connectivity index (χ0) is 6.85. The summed E-state index contributed by atoms with van der Waals surface area (Å²) in [7, 11) is 0. The van der Waals surface area contributed by atoms with Gasteiger partial charge in [-0.15, -0.1) is 11.3 Å². The molecule has 9 heavy (non-hydrogen) atoms. The number of aromatic nitrogens is 1. The Bertz CT molecular complexity index is 193. The first-order chi connectivity index (χ1) is 4.22. The highest BCUT2D eigenvalue weighted by Crippen LogP contribution is 2.16. The van der Waals surface area contributed by atoms with Crippen molar-refractivity contribution in [2.75, 3.05) is 0 Å². The normalized spacial score (nSPS) is 13.7. The number of nitrogens with two attached hydrogens (primary N) is 1. The highest BCUT2D eigenvalue weighted by Gasteiger charge is 2.04. The molecule has 50 valence electrons. The molecule has 0 aliphatic heterocycles. The highest BCUT2D eigenvalue weighted by molar-refractivity contribution is 7.09. The molecule has 1 atom stereocenters. The van der Waals surface area contributed by atoms with Gasteiger partial charge >= 0.3 is 0 Å². The second-order valence-electron chi connectivity index (χ2n) is 2.08. The van der Waals surface area contributed by atoms with E-state index in [9.17, 15) is 0 Å². The molecule has 1 rings (SSSR count). The minimum absolute atomic E-state index is 0.0799. The maximum absolute atomic E-state index is 5.60. The Balaban J connectivity index is 2.94. The topological polar surface area (TPSA) is 38.9 Å². The van der Waals surface area contributed by atoms with E-state index in [0.717, 1.165) is 5.69 Å². The van der Waals surface area contributed by atoms with Crippen LogP contribution in [0.5, 0.6) is 0 Å². The molecule has 0 aliphatic rings. The van der Waals surface area contributed by atoms with E-state index in [0.29, 0.717) is 0 Å². The van der Waals surface area contributed by atoms with Crippen molar-refractivity contribution in [3.63, 3.8) is 0 Å². The van der Waals surface area contributed by atoms with Crippen LogP contribution in [0, 0.1) is 6.92 Å². The quantitative estimate of drug-likeness (QED) is 0.645. The molecule has 0 aromatic carbocycles. The highest BCUT2D eigenvalue weighted by atomic mass is 32.1. The maximum Gasteiger partial charge on any atom is 0.0798 e. The van der Waals surface area contributed by atoms with Crippen molar-refractivity contribution in [3.05, 3.63) is 16.1 Å². The van der Waals surface area contributed by atoms with Gasteiger partial charge in [0.25, 0.3) is 0 Å². The van der Waals surface area contributed by atoms with Crippen LogP contribution in [0.25, 0.3) is 0 Å². The van der Waals surface area contributed by atoms with E-state index in [1.807, 2.05) is 19.4 Å². The molecule has 0 amide bonds. The molecule has 0 aliphatic carbocycles. The van der Waals surface area contributed by atoms with Crippen molar-refractivity contribution in [3.8, 4) is 0 Å². The second kappa shape index (κ2) is 2.45. The lowest BCUT2D eigenvalue weighted by Crippen LogP contribution is -2.06. The summed E-state index contributed by atoms with van der Waals surface area (Å²) in [4.78, 5) is 5.34. The van der Waals surface area contributed by atoms with E-state index in [2.05, 4.69) is 4.98 Å². The number of hydrogen-bond donors (Lipinski definition) is 1. The second-order valence-corrected chi connectivity index (χ2v) is 3.14. The fourth-order valence-corrected chi connectivity index (χ4v) is 1.44. The summed E-state index contributed by atoms with van der Waals surface area (Å²) in [6.45, 7) is 3.98. The standard InChI is InChI=1S/C6H10N2S/c1-4(7)6-5(2)9-3-8-6/h3-4H,7H2,1-2H3/t4-/m1/s1. The molecule has 0 unspecified atom stereocenters. The van der Waals surface area contributed by atoms with Crippen molar-refractivity contribution in [2.24, 2.45) is 5.73 Å². The molecule has 1 heterocycles. The zero-order valence-electron chi connectivity index (χ0n) is 5.59. The van der Waals surface area contributed by atoms with Crippen LogP contribution < -0.4 is 5.73 Å². The van der Waals surface area contributed by atoms with E-state index < -0.39 is 0 Å². The van der Waals surface area contributed by atoms with Gasteiger partial charge in [0.05, 0.1) is 11.2 Å². The van der Waals surface area contributed by atoms with Crippen LogP contribution in [0.1, 0.15) is 23.5 Å². The van der Waals surface area contributed by atoms with Crippen molar-refractivity contribution in [2.45, 2.75) is 19.9 Å². The van der Waals surface area contributed by atoms with Crippen LogP contribution in [0.15, 0.2) is 5.51 Å². The van der Waals surface area contributed by atoms with Crippen LogP contribution in [-0.2, 0) is 0 Å². The molecule has 2 N–H and O–H groups in total. The Morgan fingerprint density at radius 1 is 1.78 bits per heavy atom. The van der Waals surface area contributed by atoms with E-state index in [1.165, 1.54) is 4.88 Å². The van der Waals surface area contributed by atoms with Crippen molar-refractivity contribution >= 4 is 11.3 Å². The van der Waals surface area contributed by atoms with E-state index in [1.54, 1.807) is 11.3 Å². The van der Waals surface area contributed by atoms with Crippen LogP contribution >= 0.6 is 11.3 Å². The van der Waals surface area contributed by atoms with Gasteiger partial charge in [-0.25, -0.2) is 4.98 Å². The summed E-state index contributed by atoms with van der Waals surface area (Å²) in [5.41, 5.74) is 8.46. The lowest BCUT2D eigenvalue weighted by atomic mass is 10.2. The third kappa shape index (κ3) is 1.28. The third-order valence-corrected chi connectivity index (χ3v) is 1.99. The summed E-state index contributed by atoms with van der Waals surface area (Å²) in [5.74, 6) is 0. The van der Waals surface area contributed by atoms with Crippen molar-refractivity contribution in [1.82, 2.24) is 4.98 Å². The monoisotopic (exact) mass is 142 g/mol. The molecule has 0 spiro atoms. The first-order valence-electron chi connectivity index (χ1n) is 2.87. The smallest absolute Gasteiger partial charge is 0.0798 e. The Labute approximate surface area is 58.7 Å². The summed E-state index contributed by atoms with van der Waals surface area (Å²) < 4.78 is 0. The summed E-state index contributed by atoms with van der Waals surface area (Å²) in [5, 5.41) is 0. The number of aryl methyl sites for hydroxylation is 1. The molecule has 1 aromatic rings. The molecule has 0 radical (unpaired) electrons. The van der Waals surface area contributed by atoms with Crippen LogP contribution in [-0.4, -0.2) is 4.98 Å². The predicted octanol–water partition coefficient (Wildman–Crippen LogP) is 1.47. The minimum Gasteiger partial charge on any atom is -0.323 e. The molecule has 0 saturated heterocycles. The van der Waals surface area contributed by atoms with Gasteiger partial charge in [0.1, 0.15) is 0 Å². The Kier molecular flexibility index (Phi) is 1.83. The molecular formula is C6H10N2S. The van der Waals surface area contributed by atoms with Gasteiger partial charge in [0, 0.05) is 10.9 Å².